The van der Waals surface area contributed by atoms with Crippen molar-refractivity contribution in [2.75, 3.05) is 30.9 Å². The topological polar surface area (TPSA) is 70.2 Å². The summed E-state index contributed by atoms with van der Waals surface area (Å²) in [6.45, 7) is 2.61. The SMILES string of the molecule is Cc1cc(Cl)ccc1C(=O)NC[C@H]1CC[C@@H](Nc2nc(N(C)C)c3ccccc3n2)CC1. The number of aryl methyl sites for hydroxylation is 1. The Morgan fingerprint density at radius 1 is 1.09 bits per heavy atom. The number of carbonyl (C=O) groups excluding carboxylic acids is 1. The summed E-state index contributed by atoms with van der Waals surface area (Å²) in [4.78, 5) is 24.0. The highest BCUT2D eigenvalue weighted by atomic mass is 35.5. The fraction of sp³-hybridized carbons (Fsp3) is 0.400. The molecular formula is C25H30ClN5O. The Labute approximate surface area is 194 Å². The number of aromatic nitrogens is 2. The van der Waals surface area contributed by atoms with Crippen molar-refractivity contribution in [2.24, 2.45) is 5.92 Å². The Balaban J connectivity index is 1.32. The molecule has 0 atom stereocenters. The van der Waals surface area contributed by atoms with Crippen molar-refractivity contribution in [3.05, 3.63) is 58.6 Å². The maximum atomic E-state index is 12.5. The minimum Gasteiger partial charge on any atom is -0.362 e. The molecule has 7 heteroatoms. The lowest BCUT2D eigenvalue weighted by molar-refractivity contribution is 0.0942. The zero-order chi connectivity index (χ0) is 22.7. The highest BCUT2D eigenvalue weighted by molar-refractivity contribution is 6.30. The molecule has 0 aliphatic heterocycles. The lowest BCUT2D eigenvalue weighted by Gasteiger charge is -2.29. The third kappa shape index (κ3) is 5.13. The van der Waals surface area contributed by atoms with Crippen LogP contribution in [0.15, 0.2) is 42.5 Å². The van der Waals surface area contributed by atoms with Gasteiger partial charge in [-0.2, -0.15) is 4.98 Å². The number of halogens is 1. The van der Waals surface area contributed by atoms with Crippen LogP contribution in [-0.4, -0.2) is 42.6 Å². The third-order valence-electron chi connectivity index (χ3n) is 6.17. The molecule has 0 spiro atoms. The molecule has 1 amide bonds. The second-order valence-corrected chi connectivity index (χ2v) is 9.25. The van der Waals surface area contributed by atoms with Crippen molar-refractivity contribution < 1.29 is 4.79 Å². The Morgan fingerprint density at radius 2 is 1.84 bits per heavy atom. The zero-order valence-corrected chi connectivity index (χ0v) is 19.6. The molecule has 0 radical (unpaired) electrons. The van der Waals surface area contributed by atoms with Crippen LogP contribution in [0.3, 0.4) is 0 Å². The average molecular weight is 452 g/mol. The Morgan fingerprint density at radius 3 is 2.56 bits per heavy atom. The number of nitrogens with zero attached hydrogens (tertiary/aromatic N) is 3. The van der Waals surface area contributed by atoms with Crippen molar-refractivity contribution >= 4 is 40.2 Å². The third-order valence-corrected chi connectivity index (χ3v) is 6.41. The zero-order valence-electron chi connectivity index (χ0n) is 18.9. The predicted molar refractivity (Wildman–Crippen MR) is 132 cm³/mol. The van der Waals surface area contributed by atoms with Crippen LogP contribution in [0.5, 0.6) is 0 Å². The van der Waals surface area contributed by atoms with E-state index < -0.39 is 0 Å². The van der Waals surface area contributed by atoms with Crippen LogP contribution in [-0.2, 0) is 0 Å². The van der Waals surface area contributed by atoms with Crippen LogP contribution in [0, 0.1) is 12.8 Å². The first-order chi connectivity index (χ1) is 15.4. The van der Waals surface area contributed by atoms with Crippen molar-refractivity contribution in [1.29, 1.82) is 0 Å². The number of hydrogen-bond acceptors (Lipinski definition) is 5. The molecule has 2 N–H and O–H groups in total. The van der Waals surface area contributed by atoms with Gasteiger partial charge in [0.05, 0.1) is 5.52 Å². The molecule has 1 saturated carbocycles. The lowest BCUT2D eigenvalue weighted by atomic mass is 9.86. The molecular weight excluding hydrogens is 422 g/mol. The van der Waals surface area contributed by atoms with Crippen LogP contribution >= 0.6 is 11.6 Å². The quantitative estimate of drug-likeness (QED) is 0.548. The first kappa shape index (κ1) is 22.3. The van der Waals surface area contributed by atoms with Gasteiger partial charge in [0.25, 0.3) is 5.91 Å². The van der Waals surface area contributed by atoms with Gasteiger partial charge in [0.2, 0.25) is 5.95 Å². The summed E-state index contributed by atoms with van der Waals surface area (Å²) in [6, 6.07) is 13.8. The fourth-order valence-electron chi connectivity index (χ4n) is 4.37. The van der Waals surface area contributed by atoms with E-state index in [4.69, 9.17) is 21.6 Å². The van der Waals surface area contributed by atoms with Crippen molar-refractivity contribution in [2.45, 2.75) is 38.6 Å². The molecule has 0 unspecified atom stereocenters. The largest absolute Gasteiger partial charge is 0.362 e. The second kappa shape index (κ2) is 9.74. The monoisotopic (exact) mass is 451 g/mol. The summed E-state index contributed by atoms with van der Waals surface area (Å²) >= 11 is 6.00. The van der Waals surface area contributed by atoms with E-state index in [1.54, 1.807) is 12.1 Å². The van der Waals surface area contributed by atoms with Crippen molar-refractivity contribution in [1.82, 2.24) is 15.3 Å². The Bertz CT molecular complexity index is 1110. The smallest absolute Gasteiger partial charge is 0.251 e. The Hall–Kier alpha value is -2.86. The van der Waals surface area contributed by atoms with E-state index in [1.165, 1.54) is 0 Å². The fourth-order valence-corrected chi connectivity index (χ4v) is 4.60. The molecule has 0 bridgehead atoms. The molecule has 4 rings (SSSR count). The number of anilines is 2. The number of para-hydroxylation sites is 1. The Kier molecular flexibility index (Phi) is 6.80. The van der Waals surface area contributed by atoms with E-state index in [-0.39, 0.29) is 5.91 Å². The summed E-state index contributed by atoms with van der Waals surface area (Å²) < 4.78 is 0. The number of benzene rings is 2. The molecule has 168 valence electrons. The van der Waals surface area contributed by atoms with Gasteiger partial charge in [0.1, 0.15) is 5.82 Å². The van der Waals surface area contributed by atoms with Crippen LogP contribution in [0.1, 0.15) is 41.6 Å². The highest BCUT2D eigenvalue weighted by Crippen LogP contribution is 2.28. The molecule has 0 saturated heterocycles. The molecule has 1 fully saturated rings. The number of carbonyl (C=O) groups is 1. The molecule has 1 aliphatic carbocycles. The van der Waals surface area contributed by atoms with Gasteiger partial charge >= 0.3 is 0 Å². The van der Waals surface area contributed by atoms with E-state index in [9.17, 15) is 4.79 Å². The number of amides is 1. The van der Waals surface area contributed by atoms with E-state index in [0.29, 0.717) is 35.0 Å². The average Bonchev–Trinajstić information content (AvgIpc) is 2.78. The molecule has 6 nitrogen and oxygen atoms in total. The number of hydrogen-bond donors (Lipinski definition) is 2. The maximum Gasteiger partial charge on any atom is 0.251 e. The van der Waals surface area contributed by atoms with Gasteiger partial charge in [-0.25, -0.2) is 4.98 Å². The van der Waals surface area contributed by atoms with E-state index >= 15 is 0 Å². The molecule has 1 heterocycles. The van der Waals surface area contributed by atoms with Gasteiger partial charge < -0.3 is 15.5 Å². The minimum atomic E-state index is -0.0276. The van der Waals surface area contributed by atoms with Gasteiger partial charge in [-0.15, -0.1) is 0 Å². The van der Waals surface area contributed by atoms with Crippen molar-refractivity contribution in [3.8, 4) is 0 Å². The van der Waals surface area contributed by atoms with E-state index in [1.807, 2.05) is 50.2 Å². The number of rotatable bonds is 6. The van der Waals surface area contributed by atoms with Gasteiger partial charge in [0, 0.05) is 42.7 Å². The van der Waals surface area contributed by atoms with Crippen LogP contribution in [0.2, 0.25) is 5.02 Å². The van der Waals surface area contributed by atoms with Crippen LogP contribution < -0.4 is 15.5 Å². The standard InChI is InChI=1S/C25H30ClN5O/c1-16-14-18(26)10-13-20(16)24(32)27-15-17-8-11-19(12-9-17)28-25-29-22-7-5-4-6-21(22)23(30-25)31(2)3/h4-7,10,13-14,17,19H,8-9,11-12,15H2,1-3H3,(H,27,32)(H,28,29,30)/t17-,19+. The number of nitrogens with one attached hydrogen (secondary N) is 2. The molecule has 32 heavy (non-hydrogen) atoms. The van der Waals surface area contributed by atoms with E-state index in [2.05, 4.69) is 16.7 Å². The molecule has 3 aromatic rings. The highest BCUT2D eigenvalue weighted by Gasteiger charge is 2.23. The first-order valence-electron chi connectivity index (χ1n) is 11.2. The predicted octanol–water partition coefficient (Wildman–Crippen LogP) is 5.06. The van der Waals surface area contributed by atoms with Gasteiger partial charge in [-0.05, 0) is 74.4 Å². The summed E-state index contributed by atoms with van der Waals surface area (Å²) in [5.41, 5.74) is 2.54. The van der Waals surface area contributed by atoms with Crippen LogP contribution in [0.25, 0.3) is 10.9 Å². The van der Waals surface area contributed by atoms with Gasteiger partial charge in [-0.1, -0.05) is 23.7 Å². The molecule has 2 aromatic carbocycles. The summed E-state index contributed by atoms with van der Waals surface area (Å²) in [5.74, 6) is 2.06. The summed E-state index contributed by atoms with van der Waals surface area (Å²) in [6.07, 6.45) is 4.19. The second-order valence-electron chi connectivity index (χ2n) is 8.81. The molecule has 1 aromatic heterocycles. The summed E-state index contributed by atoms with van der Waals surface area (Å²) in [7, 11) is 4.01. The van der Waals surface area contributed by atoms with Gasteiger partial charge in [0.15, 0.2) is 0 Å². The first-order valence-corrected chi connectivity index (χ1v) is 11.5. The summed E-state index contributed by atoms with van der Waals surface area (Å²) in [5, 5.41) is 8.35. The lowest BCUT2D eigenvalue weighted by Crippen LogP contribution is -2.34. The van der Waals surface area contributed by atoms with Crippen molar-refractivity contribution in [3.63, 3.8) is 0 Å². The van der Waals surface area contributed by atoms with Gasteiger partial charge in [-0.3, -0.25) is 4.79 Å². The minimum absolute atomic E-state index is 0.0276. The number of fused-ring (bicyclic) bond motifs is 1. The van der Waals surface area contributed by atoms with E-state index in [0.717, 1.165) is 48.0 Å². The normalized spacial score (nSPS) is 18.4. The van der Waals surface area contributed by atoms with Crippen LogP contribution in [0.4, 0.5) is 11.8 Å². The molecule has 1 aliphatic rings. The maximum absolute atomic E-state index is 12.5.